The number of hydrogen-bond donors (Lipinski definition) is 0. The lowest BCUT2D eigenvalue weighted by Crippen LogP contribution is -2.14. The first-order valence-electron chi connectivity index (χ1n) is 5.92. The number of likely N-dealkylation sites (tertiary alicyclic amines) is 1. The minimum atomic E-state index is 0.854. The van der Waals surface area contributed by atoms with Crippen LogP contribution in [0.4, 0.5) is 0 Å². The fourth-order valence-corrected chi connectivity index (χ4v) is 2.05. The van der Waals surface area contributed by atoms with Crippen molar-refractivity contribution in [1.82, 2.24) is 9.88 Å². The Morgan fingerprint density at radius 3 is 2.53 bits per heavy atom. The lowest BCUT2D eigenvalue weighted by molar-refractivity contribution is 0.394. The zero-order valence-electron chi connectivity index (χ0n) is 10.1. The first kappa shape index (κ1) is 12.2. The van der Waals surface area contributed by atoms with Crippen molar-refractivity contribution in [2.75, 3.05) is 20.1 Å². The van der Waals surface area contributed by atoms with Crippen molar-refractivity contribution in [2.45, 2.75) is 26.7 Å². The van der Waals surface area contributed by atoms with Crippen LogP contribution in [0.3, 0.4) is 0 Å². The molecule has 0 N–H and O–H groups in total. The summed E-state index contributed by atoms with van der Waals surface area (Å²) in [5, 5.41) is 0. The molecule has 2 nitrogen and oxygen atoms in total. The minimum absolute atomic E-state index is 0.854. The lowest BCUT2D eigenvalue weighted by atomic mass is 10.00. The van der Waals surface area contributed by atoms with Crippen molar-refractivity contribution < 1.29 is 0 Å². The molecule has 0 radical (unpaired) electrons. The van der Waals surface area contributed by atoms with E-state index < -0.39 is 0 Å². The van der Waals surface area contributed by atoms with Crippen LogP contribution in [0.2, 0.25) is 0 Å². The first-order chi connectivity index (χ1) is 7.34. The zero-order valence-corrected chi connectivity index (χ0v) is 10.1. The molecule has 2 heterocycles. The number of nitrogens with zero attached hydrogens (tertiary/aromatic N) is 2. The van der Waals surface area contributed by atoms with E-state index in [-0.39, 0.29) is 0 Å². The van der Waals surface area contributed by atoms with Gasteiger partial charge in [-0.05, 0) is 50.0 Å². The van der Waals surface area contributed by atoms with E-state index in [0.29, 0.717) is 0 Å². The molecule has 1 aliphatic heterocycles. The SMILES string of the molecule is CC.CN1CCC(Cc2ccncc2)C1. The molecule has 2 rings (SSSR count). The molecule has 1 fully saturated rings. The van der Waals surface area contributed by atoms with E-state index in [9.17, 15) is 0 Å². The molecule has 0 spiro atoms. The number of rotatable bonds is 2. The Kier molecular flexibility index (Phi) is 5.33. The van der Waals surface area contributed by atoms with Gasteiger partial charge in [-0.2, -0.15) is 0 Å². The predicted molar refractivity (Wildman–Crippen MR) is 64.9 cm³/mol. The van der Waals surface area contributed by atoms with E-state index in [1.165, 1.54) is 31.5 Å². The molecule has 1 aromatic rings. The third-order valence-electron chi connectivity index (χ3n) is 2.76. The molecule has 1 aliphatic rings. The van der Waals surface area contributed by atoms with Gasteiger partial charge in [0.1, 0.15) is 0 Å². The third kappa shape index (κ3) is 4.00. The van der Waals surface area contributed by atoms with Crippen molar-refractivity contribution in [3.63, 3.8) is 0 Å². The summed E-state index contributed by atoms with van der Waals surface area (Å²) in [6.45, 7) is 6.51. The Morgan fingerprint density at radius 2 is 2.00 bits per heavy atom. The minimum Gasteiger partial charge on any atom is -0.306 e. The van der Waals surface area contributed by atoms with Crippen molar-refractivity contribution in [3.05, 3.63) is 30.1 Å². The molecular formula is C13H22N2. The maximum absolute atomic E-state index is 4.02. The van der Waals surface area contributed by atoms with Gasteiger partial charge in [-0.15, -0.1) is 0 Å². The fraction of sp³-hybridized carbons (Fsp3) is 0.615. The van der Waals surface area contributed by atoms with Crippen LogP contribution < -0.4 is 0 Å². The Hall–Kier alpha value is -0.890. The second kappa shape index (κ2) is 6.57. The zero-order chi connectivity index (χ0) is 11.1. The largest absolute Gasteiger partial charge is 0.306 e. The quantitative estimate of drug-likeness (QED) is 0.739. The summed E-state index contributed by atoms with van der Waals surface area (Å²) in [7, 11) is 2.20. The standard InChI is InChI=1S/C11H16N2.C2H6/c1-13-7-4-11(9-13)8-10-2-5-12-6-3-10;1-2/h2-3,5-6,11H,4,7-9H2,1H3;1-2H3. The Bertz CT molecular complexity index is 258. The summed E-state index contributed by atoms with van der Waals surface area (Å²) >= 11 is 0. The topological polar surface area (TPSA) is 16.1 Å². The van der Waals surface area contributed by atoms with Gasteiger partial charge in [0.15, 0.2) is 0 Å². The van der Waals surface area contributed by atoms with Crippen LogP contribution in [0.25, 0.3) is 0 Å². The highest BCUT2D eigenvalue weighted by atomic mass is 15.1. The summed E-state index contributed by atoms with van der Waals surface area (Å²) in [5.74, 6) is 0.854. The van der Waals surface area contributed by atoms with Gasteiger partial charge in [-0.1, -0.05) is 13.8 Å². The van der Waals surface area contributed by atoms with Gasteiger partial charge >= 0.3 is 0 Å². The summed E-state index contributed by atoms with van der Waals surface area (Å²) < 4.78 is 0. The third-order valence-corrected chi connectivity index (χ3v) is 2.76. The molecule has 0 aromatic carbocycles. The normalized spacial score (nSPS) is 20.9. The molecule has 1 unspecified atom stereocenters. The second-order valence-corrected chi connectivity index (χ2v) is 3.98. The highest BCUT2D eigenvalue weighted by Gasteiger charge is 2.19. The summed E-state index contributed by atoms with van der Waals surface area (Å²) in [4.78, 5) is 6.43. The monoisotopic (exact) mass is 206 g/mol. The smallest absolute Gasteiger partial charge is 0.0270 e. The number of aromatic nitrogens is 1. The Labute approximate surface area is 93.3 Å². The van der Waals surface area contributed by atoms with Crippen molar-refractivity contribution in [3.8, 4) is 0 Å². The molecule has 0 amide bonds. The molecule has 15 heavy (non-hydrogen) atoms. The van der Waals surface area contributed by atoms with E-state index in [1.807, 2.05) is 26.2 Å². The molecule has 0 bridgehead atoms. The van der Waals surface area contributed by atoms with E-state index in [0.717, 1.165) is 5.92 Å². The highest BCUT2D eigenvalue weighted by molar-refractivity contribution is 5.10. The van der Waals surface area contributed by atoms with Gasteiger partial charge in [-0.25, -0.2) is 0 Å². The molecule has 2 heteroatoms. The van der Waals surface area contributed by atoms with Crippen LogP contribution in [0.15, 0.2) is 24.5 Å². The maximum atomic E-state index is 4.02. The van der Waals surface area contributed by atoms with Crippen molar-refractivity contribution >= 4 is 0 Å². The molecule has 84 valence electrons. The van der Waals surface area contributed by atoms with Crippen LogP contribution in [-0.4, -0.2) is 30.0 Å². The fourth-order valence-electron chi connectivity index (χ4n) is 2.05. The van der Waals surface area contributed by atoms with E-state index >= 15 is 0 Å². The lowest BCUT2D eigenvalue weighted by Gasteiger charge is -2.09. The average molecular weight is 206 g/mol. The van der Waals surface area contributed by atoms with Crippen LogP contribution in [0, 0.1) is 5.92 Å². The van der Waals surface area contributed by atoms with Gasteiger partial charge in [-0.3, -0.25) is 4.98 Å². The van der Waals surface area contributed by atoms with E-state index in [1.54, 1.807) is 0 Å². The van der Waals surface area contributed by atoms with Crippen molar-refractivity contribution in [1.29, 1.82) is 0 Å². The molecule has 1 saturated heterocycles. The molecule has 0 saturated carbocycles. The van der Waals surface area contributed by atoms with E-state index in [4.69, 9.17) is 0 Å². The molecule has 1 atom stereocenters. The van der Waals surface area contributed by atoms with E-state index in [2.05, 4.69) is 29.1 Å². The van der Waals surface area contributed by atoms with Crippen LogP contribution >= 0.6 is 0 Å². The second-order valence-electron chi connectivity index (χ2n) is 3.98. The summed E-state index contributed by atoms with van der Waals surface area (Å²) in [6, 6.07) is 4.25. The van der Waals surface area contributed by atoms with Gasteiger partial charge in [0.2, 0.25) is 0 Å². The number of pyridine rings is 1. The molecular weight excluding hydrogens is 184 g/mol. The highest BCUT2D eigenvalue weighted by Crippen LogP contribution is 2.18. The van der Waals surface area contributed by atoms with Gasteiger partial charge < -0.3 is 4.90 Å². The number of hydrogen-bond acceptors (Lipinski definition) is 2. The summed E-state index contributed by atoms with van der Waals surface area (Å²) in [5.41, 5.74) is 1.43. The van der Waals surface area contributed by atoms with Crippen LogP contribution in [0.5, 0.6) is 0 Å². The Morgan fingerprint density at radius 1 is 1.33 bits per heavy atom. The van der Waals surface area contributed by atoms with Crippen LogP contribution in [-0.2, 0) is 6.42 Å². The maximum Gasteiger partial charge on any atom is 0.0270 e. The predicted octanol–water partition coefficient (Wildman–Crippen LogP) is 2.60. The van der Waals surface area contributed by atoms with Crippen molar-refractivity contribution in [2.24, 2.45) is 5.92 Å². The van der Waals surface area contributed by atoms with Crippen LogP contribution in [0.1, 0.15) is 25.8 Å². The Balaban J connectivity index is 0.000000531. The molecule has 1 aromatic heterocycles. The first-order valence-corrected chi connectivity index (χ1v) is 5.92. The average Bonchev–Trinajstić information content (AvgIpc) is 2.68. The molecule has 0 aliphatic carbocycles. The summed E-state index contributed by atoms with van der Waals surface area (Å²) in [6.07, 6.45) is 6.33. The van der Waals surface area contributed by atoms with Gasteiger partial charge in [0, 0.05) is 18.9 Å². The van der Waals surface area contributed by atoms with Gasteiger partial charge in [0.25, 0.3) is 0 Å². The van der Waals surface area contributed by atoms with Gasteiger partial charge in [0.05, 0.1) is 0 Å².